The van der Waals surface area contributed by atoms with Crippen molar-refractivity contribution in [2.75, 3.05) is 17.7 Å². The van der Waals surface area contributed by atoms with Crippen molar-refractivity contribution in [3.8, 4) is 5.88 Å². The van der Waals surface area contributed by atoms with Gasteiger partial charge in [0.15, 0.2) is 5.82 Å². The van der Waals surface area contributed by atoms with Gasteiger partial charge in [-0.05, 0) is 19.8 Å². The summed E-state index contributed by atoms with van der Waals surface area (Å²) in [5.74, 6) is 1.95. The fourth-order valence-electron chi connectivity index (χ4n) is 1.52. The minimum atomic E-state index is 0.324. The van der Waals surface area contributed by atoms with E-state index in [1.807, 2.05) is 6.92 Å². The highest BCUT2D eigenvalue weighted by molar-refractivity contribution is 5.67. The molecule has 5 heteroatoms. The normalized spacial score (nSPS) is 12.2. The van der Waals surface area contributed by atoms with E-state index in [1.165, 1.54) is 0 Å². The molecule has 0 aliphatic rings. The van der Waals surface area contributed by atoms with Crippen LogP contribution >= 0.6 is 0 Å². The molecule has 0 aromatic carbocycles. The molecule has 0 bridgehead atoms. The van der Waals surface area contributed by atoms with Crippen molar-refractivity contribution in [2.24, 2.45) is 0 Å². The number of nitrogens with two attached hydrogens (primary N) is 1. The molecular formula is C14H26N4O. The molecule has 1 unspecified atom stereocenters. The van der Waals surface area contributed by atoms with Crippen LogP contribution in [0.4, 0.5) is 11.5 Å². The van der Waals surface area contributed by atoms with Crippen LogP contribution in [0.25, 0.3) is 0 Å². The van der Waals surface area contributed by atoms with Gasteiger partial charge in [-0.15, -0.1) is 0 Å². The van der Waals surface area contributed by atoms with Crippen molar-refractivity contribution < 1.29 is 4.74 Å². The first-order valence-corrected chi connectivity index (χ1v) is 7.18. The fourth-order valence-corrected chi connectivity index (χ4v) is 1.52. The van der Waals surface area contributed by atoms with Gasteiger partial charge in [0.2, 0.25) is 5.88 Å². The second kappa shape index (κ2) is 7.81. The van der Waals surface area contributed by atoms with E-state index in [2.05, 4.69) is 36.1 Å². The monoisotopic (exact) mass is 266 g/mol. The topological polar surface area (TPSA) is 73.1 Å². The number of nitrogen functional groups attached to an aromatic ring is 1. The van der Waals surface area contributed by atoms with Crippen molar-refractivity contribution in [2.45, 2.75) is 59.4 Å². The lowest BCUT2D eigenvalue weighted by atomic mass is 10.2. The maximum Gasteiger partial charge on any atom is 0.242 e. The van der Waals surface area contributed by atoms with Crippen LogP contribution in [0.3, 0.4) is 0 Å². The Bertz CT molecular complexity index is 395. The summed E-state index contributed by atoms with van der Waals surface area (Å²) in [4.78, 5) is 8.80. The molecule has 1 heterocycles. The third kappa shape index (κ3) is 4.58. The SMILES string of the molecule is CCCCOc1nc(CC)nc(NC(C)CC)c1N. The molecule has 0 fully saturated rings. The minimum Gasteiger partial charge on any atom is -0.476 e. The van der Waals surface area contributed by atoms with Crippen molar-refractivity contribution in [3.05, 3.63) is 5.82 Å². The molecule has 19 heavy (non-hydrogen) atoms. The van der Waals surface area contributed by atoms with E-state index in [9.17, 15) is 0 Å². The van der Waals surface area contributed by atoms with Gasteiger partial charge in [0.25, 0.3) is 0 Å². The number of rotatable bonds is 8. The van der Waals surface area contributed by atoms with Crippen LogP contribution in [-0.2, 0) is 6.42 Å². The second-order valence-corrected chi connectivity index (χ2v) is 4.72. The molecule has 0 aliphatic carbocycles. The van der Waals surface area contributed by atoms with E-state index in [-0.39, 0.29) is 0 Å². The summed E-state index contributed by atoms with van der Waals surface area (Å²) in [6.45, 7) is 9.01. The minimum absolute atomic E-state index is 0.324. The Labute approximate surface area is 116 Å². The molecule has 0 radical (unpaired) electrons. The number of nitrogens with one attached hydrogen (secondary N) is 1. The smallest absolute Gasteiger partial charge is 0.242 e. The molecule has 0 saturated carbocycles. The molecule has 5 nitrogen and oxygen atoms in total. The zero-order valence-electron chi connectivity index (χ0n) is 12.5. The molecule has 0 spiro atoms. The Balaban J connectivity index is 2.92. The van der Waals surface area contributed by atoms with E-state index >= 15 is 0 Å². The predicted octanol–water partition coefficient (Wildman–Crippen LogP) is 3.01. The molecule has 1 aromatic rings. The first-order valence-electron chi connectivity index (χ1n) is 7.18. The van der Waals surface area contributed by atoms with Crippen LogP contribution in [0.15, 0.2) is 0 Å². The van der Waals surface area contributed by atoms with Crippen molar-refractivity contribution in [1.82, 2.24) is 9.97 Å². The fraction of sp³-hybridized carbons (Fsp3) is 0.714. The summed E-state index contributed by atoms with van der Waals surface area (Å²) in [6.07, 6.45) is 3.86. The zero-order valence-corrected chi connectivity index (χ0v) is 12.5. The third-order valence-corrected chi connectivity index (χ3v) is 3.01. The maximum atomic E-state index is 6.08. The molecule has 1 rings (SSSR count). The highest BCUT2D eigenvalue weighted by Crippen LogP contribution is 2.27. The lowest BCUT2D eigenvalue weighted by molar-refractivity contribution is 0.298. The van der Waals surface area contributed by atoms with Gasteiger partial charge in [0.05, 0.1) is 6.61 Å². The van der Waals surface area contributed by atoms with E-state index in [1.54, 1.807) is 0 Å². The Morgan fingerprint density at radius 1 is 1.26 bits per heavy atom. The summed E-state index contributed by atoms with van der Waals surface area (Å²) < 4.78 is 5.66. The summed E-state index contributed by atoms with van der Waals surface area (Å²) in [6, 6.07) is 0.324. The van der Waals surface area contributed by atoms with Gasteiger partial charge in [0.1, 0.15) is 11.5 Å². The van der Waals surface area contributed by atoms with E-state index in [0.29, 0.717) is 30.0 Å². The summed E-state index contributed by atoms with van der Waals surface area (Å²) in [5.41, 5.74) is 6.59. The predicted molar refractivity (Wildman–Crippen MR) is 79.6 cm³/mol. The molecular weight excluding hydrogens is 240 g/mol. The van der Waals surface area contributed by atoms with Crippen molar-refractivity contribution in [3.63, 3.8) is 0 Å². The third-order valence-electron chi connectivity index (χ3n) is 3.01. The van der Waals surface area contributed by atoms with E-state index in [4.69, 9.17) is 10.5 Å². The van der Waals surface area contributed by atoms with E-state index < -0.39 is 0 Å². The van der Waals surface area contributed by atoms with Crippen molar-refractivity contribution in [1.29, 1.82) is 0 Å². The summed E-state index contributed by atoms with van der Waals surface area (Å²) in [7, 11) is 0. The highest BCUT2D eigenvalue weighted by atomic mass is 16.5. The zero-order chi connectivity index (χ0) is 14.3. The Hall–Kier alpha value is -1.52. The number of ether oxygens (including phenoxy) is 1. The van der Waals surface area contributed by atoms with Gasteiger partial charge in [-0.1, -0.05) is 27.2 Å². The second-order valence-electron chi connectivity index (χ2n) is 4.72. The molecule has 0 saturated heterocycles. The molecule has 0 aliphatic heterocycles. The average molecular weight is 266 g/mol. The van der Waals surface area contributed by atoms with Gasteiger partial charge in [0, 0.05) is 12.5 Å². The summed E-state index contributed by atoms with van der Waals surface area (Å²) >= 11 is 0. The highest BCUT2D eigenvalue weighted by Gasteiger charge is 2.13. The van der Waals surface area contributed by atoms with Crippen LogP contribution in [-0.4, -0.2) is 22.6 Å². The number of aromatic nitrogens is 2. The van der Waals surface area contributed by atoms with Crippen molar-refractivity contribution >= 4 is 11.5 Å². The van der Waals surface area contributed by atoms with Gasteiger partial charge < -0.3 is 15.8 Å². The number of aryl methyl sites for hydroxylation is 1. The van der Waals surface area contributed by atoms with E-state index in [0.717, 1.165) is 31.5 Å². The number of unbranched alkanes of at least 4 members (excludes halogenated alkanes) is 1. The first kappa shape index (κ1) is 15.5. The van der Waals surface area contributed by atoms with Gasteiger partial charge in [-0.25, -0.2) is 4.98 Å². The lowest BCUT2D eigenvalue weighted by Crippen LogP contribution is -2.18. The van der Waals surface area contributed by atoms with Gasteiger partial charge in [-0.2, -0.15) is 4.98 Å². The largest absolute Gasteiger partial charge is 0.476 e. The first-order chi connectivity index (χ1) is 9.12. The number of hydrogen-bond donors (Lipinski definition) is 2. The number of hydrogen-bond acceptors (Lipinski definition) is 5. The van der Waals surface area contributed by atoms with Crippen LogP contribution in [0.2, 0.25) is 0 Å². The average Bonchev–Trinajstić information content (AvgIpc) is 2.42. The molecule has 3 N–H and O–H groups in total. The van der Waals surface area contributed by atoms with Crippen LogP contribution in [0.1, 0.15) is 52.8 Å². The molecule has 108 valence electrons. The Kier molecular flexibility index (Phi) is 6.39. The lowest BCUT2D eigenvalue weighted by Gasteiger charge is -2.17. The Morgan fingerprint density at radius 2 is 2.00 bits per heavy atom. The van der Waals surface area contributed by atoms with Crippen LogP contribution in [0.5, 0.6) is 5.88 Å². The maximum absolute atomic E-state index is 6.08. The number of anilines is 2. The summed E-state index contributed by atoms with van der Waals surface area (Å²) in [5, 5.41) is 3.31. The molecule has 1 atom stereocenters. The van der Waals surface area contributed by atoms with Gasteiger partial charge in [-0.3, -0.25) is 0 Å². The quantitative estimate of drug-likeness (QED) is 0.708. The number of nitrogens with zero attached hydrogens (tertiary/aromatic N) is 2. The van der Waals surface area contributed by atoms with Gasteiger partial charge >= 0.3 is 0 Å². The van der Waals surface area contributed by atoms with Crippen LogP contribution in [0, 0.1) is 0 Å². The molecule has 1 aromatic heterocycles. The van der Waals surface area contributed by atoms with Crippen LogP contribution < -0.4 is 15.8 Å². The molecule has 0 amide bonds. The Morgan fingerprint density at radius 3 is 2.58 bits per heavy atom. The standard InChI is InChI=1S/C14H26N4O/c1-5-8-9-19-14-12(15)13(16-10(4)6-2)17-11(7-3)18-14/h10H,5-9,15H2,1-4H3,(H,16,17,18).